The second kappa shape index (κ2) is 5.98. The Morgan fingerprint density at radius 2 is 1.81 bits per heavy atom. The van der Waals surface area contributed by atoms with E-state index < -0.39 is 10.0 Å². The molecular weight excluding hydrogens is 224 g/mol. The van der Waals surface area contributed by atoms with Crippen molar-refractivity contribution in [1.82, 2.24) is 9.62 Å². The molecule has 1 aliphatic heterocycles. The molecule has 0 amide bonds. The van der Waals surface area contributed by atoms with Crippen LogP contribution in [0.1, 0.15) is 26.7 Å². The van der Waals surface area contributed by atoms with Gasteiger partial charge in [0.25, 0.3) is 0 Å². The van der Waals surface area contributed by atoms with Crippen LogP contribution in [0.15, 0.2) is 0 Å². The molecule has 4 nitrogen and oxygen atoms in total. The third kappa shape index (κ3) is 4.03. The fourth-order valence-electron chi connectivity index (χ4n) is 2.39. The molecule has 0 radical (unpaired) electrons. The molecule has 2 atom stereocenters. The molecule has 0 spiro atoms. The zero-order valence-corrected chi connectivity index (χ0v) is 11.4. The van der Waals surface area contributed by atoms with E-state index >= 15 is 0 Å². The molecule has 2 unspecified atom stereocenters. The van der Waals surface area contributed by atoms with E-state index in [2.05, 4.69) is 19.2 Å². The minimum absolute atomic E-state index is 0.271. The van der Waals surface area contributed by atoms with Gasteiger partial charge < -0.3 is 5.32 Å². The van der Waals surface area contributed by atoms with Crippen molar-refractivity contribution in [3.63, 3.8) is 0 Å². The van der Waals surface area contributed by atoms with E-state index in [1.165, 1.54) is 0 Å². The van der Waals surface area contributed by atoms with Gasteiger partial charge in [0.1, 0.15) is 0 Å². The molecule has 0 saturated carbocycles. The highest BCUT2D eigenvalue weighted by atomic mass is 32.2. The van der Waals surface area contributed by atoms with Crippen molar-refractivity contribution in [2.45, 2.75) is 26.7 Å². The molecule has 1 heterocycles. The zero-order chi connectivity index (χ0) is 12.2. The average Bonchev–Trinajstić information content (AvgIpc) is 2.16. The molecule has 1 N–H and O–H groups in total. The summed E-state index contributed by atoms with van der Waals surface area (Å²) in [5.74, 6) is 1.25. The monoisotopic (exact) mass is 248 g/mol. The fourth-order valence-corrected chi connectivity index (χ4v) is 4.12. The summed E-state index contributed by atoms with van der Waals surface area (Å²) in [6.07, 6.45) is 1.83. The van der Waals surface area contributed by atoms with Gasteiger partial charge in [-0.05, 0) is 38.3 Å². The quantitative estimate of drug-likeness (QED) is 0.736. The van der Waals surface area contributed by atoms with E-state index in [0.717, 1.165) is 13.0 Å². The molecule has 0 bridgehead atoms. The highest BCUT2D eigenvalue weighted by molar-refractivity contribution is 7.89. The second-order valence-corrected chi connectivity index (χ2v) is 7.12. The highest BCUT2D eigenvalue weighted by Gasteiger charge is 2.29. The summed E-state index contributed by atoms with van der Waals surface area (Å²) in [5, 5.41) is 2.98. The number of nitrogens with zero attached hydrogens (tertiary/aromatic N) is 1. The van der Waals surface area contributed by atoms with Gasteiger partial charge >= 0.3 is 0 Å². The average molecular weight is 248 g/mol. The van der Waals surface area contributed by atoms with E-state index in [0.29, 0.717) is 31.3 Å². The summed E-state index contributed by atoms with van der Waals surface area (Å²) in [5.41, 5.74) is 0. The molecule has 1 fully saturated rings. The molecule has 0 aromatic rings. The lowest BCUT2D eigenvalue weighted by molar-refractivity contribution is 0.222. The number of nitrogens with one attached hydrogen (secondary N) is 1. The number of sulfonamides is 1. The van der Waals surface area contributed by atoms with Gasteiger partial charge in [-0.15, -0.1) is 0 Å². The molecule has 1 rings (SSSR count). The first-order valence-corrected chi connectivity index (χ1v) is 7.69. The maximum atomic E-state index is 12.0. The Kier molecular flexibility index (Phi) is 5.21. The van der Waals surface area contributed by atoms with Crippen molar-refractivity contribution in [2.75, 3.05) is 32.4 Å². The molecule has 0 aliphatic carbocycles. The van der Waals surface area contributed by atoms with Gasteiger partial charge in [-0.1, -0.05) is 13.8 Å². The van der Waals surface area contributed by atoms with Crippen molar-refractivity contribution in [3.05, 3.63) is 0 Å². The smallest absolute Gasteiger partial charge is 0.214 e. The van der Waals surface area contributed by atoms with Crippen LogP contribution in [0.3, 0.4) is 0 Å². The molecule has 0 aromatic heterocycles. The number of hydrogen-bond acceptors (Lipinski definition) is 3. The standard InChI is InChI=1S/C11H24N2O2S/c1-10-7-11(2)9-13(8-10)16(14,15)6-4-5-12-3/h10-12H,4-9H2,1-3H3. The molecule has 16 heavy (non-hydrogen) atoms. The summed E-state index contributed by atoms with van der Waals surface area (Å²) in [6.45, 7) is 6.42. The van der Waals surface area contributed by atoms with Crippen LogP contribution in [0.25, 0.3) is 0 Å². The fraction of sp³-hybridized carbons (Fsp3) is 1.00. The Balaban J connectivity index is 2.53. The lowest BCUT2D eigenvalue weighted by Gasteiger charge is -2.34. The Hall–Kier alpha value is -0.130. The van der Waals surface area contributed by atoms with Gasteiger partial charge in [-0.2, -0.15) is 0 Å². The van der Waals surface area contributed by atoms with Crippen molar-refractivity contribution in [1.29, 1.82) is 0 Å². The van der Waals surface area contributed by atoms with E-state index in [4.69, 9.17) is 0 Å². The van der Waals surface area contributed by atoms with Crippen LogP contribution in [0.4, 0.5) is 0 Å². The molecule has 5 heteroatoms. The van der Waals surface area contributed by atoms with Crippen molar-refractivity contribution in [2.24, 2.45) is 11.8 Å². The predicted octanol–water partition coefficient (Wildman–Crippen LogP) is 0.904. The lowest BCUT2D eigenvalue weighted by atomic mass is 9.94. The topological polar surface area (TPSA) is 49.4 Å². The van der Waals surface area contributed by atoms with Crippen molar-refractivity contribution >= 4 is 10.0 Å². The SMILES string of the molecule is CNCCCS(=O)(=O)N1CC(C)CC(C)C1. The minimum Gasteiger partial charge on any atom is -0.320 e. The Morgan fingerprint density at radius 3 is 2.31 bits per heavy atom. The first-order chi connectivity index (χ1) is 7.45. The van der Waals surface area contributed by atoms with Gasteiger partial charge in [-0.3, -0.25) is 0 Å². The third-order valence-electron chi connectivity index (χ3n) is 3.06. The molecule has 96 valence electrons. The molecular formula is C11H24N2O2S. The molecule has 1 aliphatic rings. The van der Waals surface area contributed by atoms with Crippen molar-refractivity contribution < 1.29 is 8.42 Å². The minimum atomic E-state index is -3.03. The van der Waals surface area contributed by atoms with Crippen LogP contribution in [-0.4, -0.2) is 45.2 Å². The van der Waals surface area contributed by atoms with Crippen molar-refractivity contribution in [3.8, 4) is 0 Å². The van der Waals surface area contributed by atoms with E-state index in [1.54, 1.807) is 4.31 Å². The third-order valence-corrected chi connectivity index (χ3v) is 4.95. The number of rotatable bonds is 5. The maximum absolute atomic E-state index is 12.0. The van der Waals surface area contributed by atoms with Gasteiger partial charge in [0.15, 0.2) is 0 Å². The van der Waals surface area contributed by atoms with Gasteiger partial charge in [0, 0.05) is 13.1 Å². The van der Waals surface area contributed by atoms with Crippen LogP contribution in [0.5, 0.6) is 0 Å². The van der Waals surface area contributed by atoms with Crippen LogP contribution < -0.4 is 5.32 Å². The van der Waals surface area contributed by atoms with E-state index in [1.807, 2.05) is 7.05 Å². The van der Waals surface area contributed by atoms with Crippen LogP contribution in [0.2, 0.25) is 0 Å². The van der Waals surface area contributed by atoms with Crippen LogP contribution in [-0.2, 0) is 10.0 Å². The summed E-state index contributed by atoms with van der Waals surface area (Å²) >= 11 is 0. The molecule has 0 aromatic carbocycles. The first kappa shape index (κ1) is 13.9. The van der Waals surface area contributed by atoms with Crippen LogP contribution >= 0.6 is 0 Å². The highest BCUT2D eigenvalue weighted by Crippen LogP contribution is 2.23. The van der Waals surface area contributed by atoms with E-state index in [9.17, 15) is 8.42 Å². The Bertz CT molecular complexity index is 293. The lowest BCUT2D eigenvalue weighted by Crippen LogP contribution is -2.43. The molecule has 1 saturated heterocycles. The number of piperidine rings is 1. The largest absolute Gasteiger partial charge is 0.320 e. The summed E-state index contributed by atoms with van der Waals surface area (Å²) in [6, 6.07) is 0. The van der Waals surface area contributed by atoms with Gasteiger partial charge in [0.2, 0.25) is 10.0 Å². The van der Waals surface area contributed by atoms with Crippen LogP contribution in [0, 0.1) is 11.8 Å². The van der Waals surface area contributed by atoms with E-state index in [-0.39, 0.29) is 5.75 Å². The summed E-state index contributed by atoms with van der Waals surface area (Å²) < 4.78 is 25.8. The maximum Gasteiger partial charge on any atom is 0.214 e. The predicted molar refractivity (Wildman–Crippen MR) is 66.8 cm³/mol. The summed E-state index contributed by atoms with van der Waals surface area (Å²) in [4.78, 5) is 0. The van der Waals surface area contributed by atoms with Gasteiger partial charge in [0.05, 0.1) is 5.75 Å². The Morgan fingerprint density at radius 1 is 1.25 bits per heavy atom. The normalized spacial score (nSPS) is 28.2. The van der Waals surface area contributed by atoms with Gasteiger partial charge in [-0.25, -0.2) is 12.7 Å². The first-order valence-electron chi connectivity index (χ1n) is 6.08. The Labute approximate surface area is 99.5 Å². The second-order valence-electron chi connectivity index (χ2n) is 5.04. The zero-order valence-electron chi connectivity index (χ0n) is 10.6. The number of hydrogen-bond donors (Lipinski definition) is 1. The summed E-state index contributed by atoms with van der Waals surface area (Å²) in [7, 11) is -1.18.